The van der Waals surface area contributed by atoms with Gasteiger partial charge in [0, 0.05) is 37.5 Å². The first-order valence-electron chi connectivity index (χ1n) is 28.3. The number of anilines is 2. The van der Waals surface area contributed by atoms with Gasteiger partial charge in [-0.1, -0.05) is 164 Å². The third-order valence-electron chi connectivity index (χ3n) is 13.3. The number of nitrogens with two attached hydrogens (primary N) is 1. The molecule has 2 heterocycles. The lowest BCUT2D eigenvalue weighted by Gasteiger charge is -2.26. The van der Waals surface area contributed by atoms with Gasteiger partial charge in [0.05, 0.1) is 11.4 Å². The van der Waals surface area contributed by atoms with Crippen molar-refractivity contribution in [2.45, 2.75) is 172 Å². The van der Waals surface area contributed by atoms with Gasteiger partial charge in [-0.3, -0.25) is 0 Å². The summed E-state index contributed by atoms with van der Waals surface area (Å²) >= 11 is 9.81. The van der Waals surface area contributed by atoms with Gasteiger partial charge in [-0.05, 0) is 247 Å². The van der Waals surface area contributed by atoms with Crippen LogP contribution in [0.25, 0.3) is 32.7 Å². The topological polar surface area (TPSA) is 29.3 Å². The molecule has 1 aromatic heterocycles. The van der Waals surface area contributed by atoms with Crippen LogP contribution in [0.4, 0.5) is 11.4 Å². The standard InChI is InChI=1S/C48H58N2S4.C15H16S.3C2H6.CH4S/c1-10-15-37-19-21-39(43(28-37)35(7)47(49)33(5)12-3)17-13-14-18-40-22-20-38(16-11-2)29-44(40)48-36(8)46(31-52-48)50-26-25-32(4)27-34(6)42-30-41(53-54-51-9)23-24-45(42)50;1-10-4-5-11(2)14(8-10)15-9-13(16)7-6-12(15)3;4*1-2/h12,19-31H,6,10-11,13-18,49H2,1-5,7-9H3;4-9,16H,1-3H3;3*1-2H3;2H,1H3/b26-25-,32-27-,33-12-,47-35-;;;;;. The highest BCUT2D eigenvalue weighted by molar-refractivity contribution is 9.09. The van der Waals surface area contributed by atoms with Gasteiger partial charge in [0.2, 0.25) is 0 Å². The van der Waals surface area contributed by atoms with Gasteiger partial charge in [0.15, 0.2) is 0 Å². The third-order valence-corrected chi connectivity index (χ3v) is 18.4. The van der Waals surface area contributed by atoms with E-state index in [2.05, 4.69) is 227 Å². The van der Waals surface area contributed by atoms with Crippen LogP contribution < -0.4 is 10.6 Å². The molecule has 78 heavy (non-hydrogen) atoms. The molecule has 422 valence electrons. The molecule has 0 atom stereocenters. The zero-order chi connectivity index (χ0) is 58.5. The minimum atomic E-state index is 0.898. The van der Waals surface area contributed by atoms with Gasteiger partial charge in [-0.2, -0.15) is 12.6 Å². The molecule has 6 aromatic rings. The van der Waals surface area contributed by atoms with E-state index in [-0.39, 0.29) is 0 Å². The quantitative estimate of drug-likeness (QED) is 0.0367. The van der Waals surface area contributed by atoms with Crippen LogP contribution in [0.5, 0.6) is 0 Å². The second kappa shape index (κ2) is 37.7. The summed E-state index contributed by atoms with van der Waals surface area (Å²) in [5.41, 5.74) is 31.9. The van der Waals surface area contributed by atoms with E-state index >= 15 is 0 Å². The van der Waals surface area contributed by atoms with Gasteiger partial charge < -0.3 is 10.6 Å². The van der Waals surface area contributed by atoms with Crippen LogP contribution in [0.15, 0.2) is 154 Å². The number of fused-ring (bicyclic) bond motifs is 1. The number of hydrogen-bond donors (Lipinski definition) is 3. The van der Waals surface area contributed by atoms with E-state index in [1.54, 1.807) is 37.7 Å². The average Bonchev–Trinajstić information content (AvgIpc) is 3.92. The van der Waals surface area contributed by atoms with Crippen LogP contribution in [0.3, 0.4) is 0 Å². The molecule has 0 unspecified atom stereocenters. The van der Waals surface area contributed by atoms with E-state index in [1.807, 2.05) is 58.9 Å². The number of thiophene rings is 1. The Morgan fingerprint density at radius 3 is 1.88 bits per heavy atom. The minimum Gasteiger partial charge on any atom is -0.398 e. The van der Waals surface area contributed by atoms with Crippen molar-refractivity contribution in [3.8, 4) is 21.6 Å². The zero-order valence-electron chi connectivity index (χ0n) is 51.0. The Morgan fingerprint density at radius 2 is 1.27 bits per heavy atom. The third kappa shape index (κ3) is 20.1. The van der Waals surface area contributed by atoms with E-state index < -0.39 is 0 Å². The van der Waals surface area contributed by atoms with Crippen molar-refractivity contribution in [3.63, 3.8) is 0 Å². The summed E-state index contributed by atoms with van der Waals surface area (Å²) in [5, 5.41) is 2.35. The summed E-state index contributed by atoms with van der Waals surface area (Å²) in [6.45, 7) is 38.3. The van der Waals surface area contributed by atoms with Crippen LogP contribution in [0.2, 0.25) is 0 Å². The fraction of sp³-hybridized carbons (Fsp3) is 0.371. The molecule has 7 rings (SSSR count). The Kier molecular flexibility index (Phi) is 33.8. The number of hydrogen-bond acceptors (Lipinski definition) is 8. The minimum absolute atomic E-state index is 0.898. The van der Waals surface area contributed by atoms with Crippen LogP contribution in [-0.4, -0.2) is 12.5 Å². The molecule has 0 saturated carbocycles. The number of thiol groups is 2. The summed E-state index contributed by atoms with van der Waals surface area (Å²) in [4.78, 5) is 6.01. The van der Waals surface area contributed by atoms with Gasteiger partial charge in [0.25, 0.3) is 0 Å². The van der Waals surface area contributed by atoms with Crippen LogP contribution in [-0.2, 0) is 25.7 Å². The molecule has 0 amide bonds. The molecule has 1 aliphatic heterocycles. The Hall–Kier alpha value is -4.15. The van der Waals surface area contributed by atoms with Gasteiger partial charge in [0.1, 0.15) is 0 Å². The molecule has 0 aliphatic carbocycles. The summed E-state index contributed by atoms with van der Waals surface area (Å²) < 4.78 is 0. The summed E-state index contributed by atoms with van der Waals surface area (Å²) in [5.74, 6) is 0. The summed E-state index contributed by atoms with van der Waals surface area (Å²) in [6.07, 6.45) is 21.4. The molecular weight excluding hydrogens is 1060 g/mol. The fourth-order valence-electron chi connectivity index (χ4n) is 9.19. The van der Waals surface area contributed by atoms with Crippen molar-refractivity contribution in [2.24, 2.45) is 5.73 Å². The average molecular weight is 1160 g/mol. The Bertz CT molecular complexity index is 2880. The summed E-state index contributed by atoms with van der Waals surface area (Å²) in [6, 6.07) is 34.0. The number of nitrogens with zero attached hydrogens (tertiary/aromatic N) is 1. The highest BCUT2D eigenvalue weighted by Gasteiger charge is 2.22. The molecule has 0 radical (unpaired) electrons. The molecule has 0 saturated heterocycles. The molecule has 5 aromatic carbocycles. The van der Waals surface area contributed by atoms with Crippen molar-refractivity contribution in [1.82, 2.24) is 0 Å². The van der Waals surface area contributed by atoms with E-state index in [0.717, 1.165) is 73.1 Å². The maximum Gasteiger partial charge on any atom is 0.0598 e. The Balaban J connectivity index is 0.000000722. The molecule has 2 N–H and O–H groups in total. The predicted molar refractivity (Wildman–Crippen MR) is 372 cm³/mol. The fourth-order valence-corrected chi connectivity index (χ4v) is 13.0. The maximum atomic E-state index is 6.66. The first-order valence-corrected chi connectivity index (χ1v) is 34.4. The second-order valence-corrected chi connectivity index (χ2v) is 24.3. The number of aryl methyl sites for hydroxylation is 7. The molecular formula is C70H96N2S6. The largest absolute Gasteiger partial charge is 0.398 e. The molecule has 0 spiro atoms. The molecule has 2 nitrogen and oxygen atoms in total. The lowest BCUT2D eigenvalue weighted by Crippen LogP contribution is -2.12. The van der Waals surface area contributed by atoms with Crippen LogP contribution >= 0.6 is 68.0 Å². The number of unbranched alkanes of at least 4 members (excludes halogenated alkanes) is 1. The second-order valence-electron chi connectivity index (χ2n) is 18.7. The van der Waals surface area contributed by atoms with Gasteiger partial charge in [-0.15, -0.1) is 24.0 Å². The maximum absolute atomic E-state index is 6.66. The number of rotatable bonds is 17. The SMILES string of the molecule is C=C1/C=C(C)\C=C/N(c2csc(-c3cc(CCC)ccc3CCCCc3ccc(CCC)cc3/C(C)=C(N)/C(C)=C\C)c2C)c2ccc(SSSC)cc21.CC.CC.CC.CS.Cc1ccc(C)c(-c2cc(S)ccc2C)c1. The molecule has 1 aliphatic rings. The Morgan fingerprint density at radius 1 is 0.679 bits per heavy atom. The monoisotopic (exact) mass is 1160 g/mol. The van der Waals surface area contributed by atoms with Crippen LogP contribution in [0.1, 0.15) is 164 Å². The van der Waals surface area contributed by atoms with E-state index in [0.29, 0.717) is 0 Å². The lowest BCUT2D eigenvalue weighted by molar-refractivity contribution is 0.733. The molecule has 0 fully saturated rings. The first kappa shape index (κ1) is 70.0. The smallest absolute Gasteiger partial charge is 0.0598 e. The Labute approximate surface area is 503 Å². The van der Waals surface area contributed by atoms with Gasteiger partial charge in [-0.25, -0.2) is 0 Å². The normalized spacial score (nSPS) is 13.1. The van der Waals surface area contributed by atoms with Crippen molar-refractivity contribution in [3.05, 3.63) is 200 Å². The molecule has 0 bridgehead atoms. The van der Waals surface area contributed by atoms with E-state index in [9.17, 15) is 0 Å². The first-order chi connectivity index (χ1) is 37.7. The van der Waals surface area contributed by atoms with Crippen molar-refractivity contribution >= 4 is 90.5 Å². The highest BCUT2D eigenvalue weighted by Crippen LogP contribution is 2.46. The molecule has 8 heteroatoms. The summed E-state index contributed by atoms with van der Waals surface area (Å²) in [7, 11) is 5.38. The lowest BCUT2D eigenvalue weighted by atomic mass is 9.90. The number of benzene rings is 5. The van der Waals surface area contributed by atoms with Crippen molar-refractivity contribution in [1.29, 1.82) is 0 Å². The van der Waals surface area contributed by atoms with Crippen molar-refractivity contribution in [2.75, 3.05) is 17.4 Å². The number of allylic oxidation sites excluding steroid dienone is 7. The van der Waals surface area contributed by atoms with Gasteiger partial charge >= 0.3 is 0 Å². The van der Waals surface area contributed by atoms with Crippen LogP contribution in [0, 0.1) is 27.7 Å². The zero-order valence-corrected chi connectivity index (χ0v) is 56.0. The highest BCUT2D eigenvalue weighted by atomic mass is 33.5. The van der Waals surface area contributed by atoms with E-state index in [1.165, 1.54) is 105 Å². The van der Waals surface area contributed by atoms with Crippen molar-refractivity contribution < 1.29 is 0 Å². The van der Waals surface area contributed by atoms with E-state index in [4.69, 9.17) is 5.73 Å². The predicted octanol–water partition coefficient (Wildman–Crippen LogP) is 23.7.